The molecule has 3 aromatic rings. The molecule has 0 aliphatic carbocycles. The lowest BCUT2D eigenvalue weighted by atomic mass is 9.96. The second-order valence-electron chi connectivity index (χ2n) is 7.37. The summed E-state index contributed by atoms with van der Waals surface area (Å²) in [6, 6.07) is 14.0. The summed E-state index contributed by atoms with van der Waals surface area (Å²) in [5.41, 5.74) is 4.12. The number of carbonyl (C=O) groups is 1. The minimum Gasteiger partial charge on any atom is -0.358 e. The Hall–Kier alpha value is -3.12. The van der Waals surface area contributed by atoms with E-state index >= 15 is 0 Å². The van der Waals surface area contributed by atoms with Crippen molar-refractivity contribution in [3.8, 4) is 0 Å². The molecule has 6 heteroatoms. The van der Waals surface area contributed by atoms with E-state index in [1.54, 1.807) is 32.4 Å². The predicted octanol–water partition coefficient (Wildman–Crippen LogP) is 3.98. The third-order valence-electron chi connectivity index (χ3n) is 5.12. The Morgan fingerprint density at radius 1 is 1.03 bits per heavy atom. The van der Waals surface area contributed by atoms with Crippen LogP contribution in [0.1, 0.15) is 46.6 Å². The Morgan fingerprint density at radius 2 is 1.80 bits per heavy atom. The van der Waals surface area contributed by atoms with E-state index in [4.69, 9.17) is 0 Å². The molecule has 0 saturated carbocycles. The van der Waals surface area contributed by atoms with Crippen LogP contribution in [-0.2, 0) is 11.2 Å². The summed E-state index contributed by atoms with van der Waals surface area (Å²) in [5.74, 6) is -0.368. The fraction of sp³-hybridized carbons (Fsp3) is 0.292. The number of hydrogen-bond acceptors (Lipinski definition) is 4. The summed E-state index contributed by atoms with van der Waals surface area (Å²) < 4.78 is 13.9. The van der Waals surface area contributed by atoms with Crippen molar-refractivity contribution in [2.45, 2.75) is 38.8 Å². The van der Waals surface area contributed by atoms with Crippen LogP contribution in [0.3, 0.4) is 0 Å². The second kappa shape index (κ2) is 10.1. The molecule has 0 bridgehead atoms. The number of likely N-dealkylation sites (N-methyl/N-ethyl adjacent to an activating group) is 1. The van der Waals surface area contributed by atoms with Crippen molar-refractivity contribution in [3.05, 3.63) is 94.8 Å². The van der Waals surface area contributed by atoms with Gasteiger partial charge in [-0.25, -0.2) is 4.39 Å². The first kappa shape index (κ1) is 21.6. The van der Waals surface area contributed by atoms with Crippen molar-refractivity contribution >= 4 is 5.91 Å². The molecular formula is C24H27FN4O. The van der Waals surface area contributed by atoms with Gasteiger partial charge in [0.05, 0.1) is 11.4 Å². The standard InChI is InChI=1S/C24H27FN4O/c1-16-13-19(9-11-21(16)25)22(12-10-20-15-27-17(2)14-28-20)29-23(24(30)26-3)18-7-5-4-6-8-18/h4-9,11,13-15,22-23,29H,10,12H2,1-3H3,(H,26,30)/t22-,23?/m0/s1. The van der Waals surface area contributed by atoms with Crippen LogP contribution >= 0.6 is 0 Å². The van der Waals surface area contributed by atoms with Gasteiger partial charge in [0.2, 0.25) is 5.91 Å². The number of carbonyl (C=O) groups excluding carboxylic acids is 1. The van der Waals surface area contributed by atoms with Gasteiger partial charge in [-0.05, 0) is 49.4 Å². The summed E-state index contributed by atoms with van der Waals surface area (Å²) in [5, 5.41) is 6.22. The van der Waals surface area contributed by atoms with Crippen molar-refractivity contribution in [2.24, 2.45) is 0 Å². The Bertz CT molecular complexity index is 976. The molecule has 0 spiro atoms. The van der Waals surface area contributed by atoms with Gasteiger partial charge < -0.3 is 5.32 Å². The van der Waals surface area contributed by atoms with Crippen molar-refractivity contribution in [3.63, 3.8) is 0 Å². The van der Waals surface area contributed by atoms with Crippen LogP contribution in [0.15, 0.2) is 60.9 Å². The monoisotopic (exact) mass is 406 g/mol. The van der Waals surface area contributed by atoms with Gasteiger partial charge >= 0.3 is 0 Å². The highest BCUT2D eigenvalue weighted by Crippen LogP contribution is 2.25. The molecule has 0 radical (unpaired) electrons. The SMILES string of the molecule is CNC(=O)C(N[C@@H](CCc1cnc(C)cn1)c1ccc(F)c(C)c1)c1ccccc1. The zero-order valence-electron chi connectivity index (χ0n) is 17.5. The van der Waals surface area contributed by atoms with E-state index in [0.717, 1.165) is 22.5 Å². The molecule has 30 heavy (non-hydrogen) atoms. The molecule has 3 rings (SSSR count). The molecule has 2 atom stereocenters. The first-order chi connectivity index (χ1) is 14.5. The fourth-order valence-electron chi connectivity index (χ4n) is 3.39. The lowest BCUT2D eigenvalue weighted by molar-refractivity contribution is -0.123. The highest BCUT2D eigenvalue weighted by Gasteiger charge is 2.24. The van der Waals surface area contributed by atoms with Gasteiger partial charge in [0.15, 0.2) is 0 Å². The maximum absolute atomic E-state index is 13.9. The largest absolute Gasteiger partial charge is 0.358 e. The van der Waals surface area contributed by atoms with Crippen molar-refractivity contribution in [1.82, 2.24) is 20.6 Å². The molecule has 0 saturated heterocycles. The summed E-state index contributed by atoms with van der Waals surface area (Å²) in [7, 11) is 1.62. The van der Waals surface area contributed by atoms with Crippen LogP contribution in [0.2, 0.25) is 0 Å². The lowest BCUT2D eigenvalue weighted by Crippen LogP contribution is -2.38. The van der Waals surface area contributed by atoms with Crippen LogP contribution in [-0.4, -0.2) is 22.9 Å². The van der Waals surface area contributed by atoms with Gasteiger partial charge in [-0.15, -0.1) is 0 Å². The van der Waals surface area contributed by atoms with Gasteiger partial charge in [0.1, 0.15) is 11.9 Å². The third-order valence-corrected chi connectivity index (χ3v) is 5.12. The maximum Gasteiger partial charge on any atom is 0.241 e. The second-order valence-corrected chi connectivity index (χ2v) is 7.37. The number of amides is 1. The molecule has 0 aliphatic heterocycles. The molecule has 0 fully saturated rings. The average molecular weight is 407 g/mol. The summed E-state index contributed by atoms with van der Waals surface area (Å²) in [6.07, 6.45) is 4.88. The summed E-state index contributed by atoms with van der Waals surface area (Å²) in [4.78, 5) is 21.4. The summed E-state index contributed by atoms with van der Waals surface area (Å²) >= 11 is 0. The van der Waals surface area contributed by atoms with E-state index in [0.29, 0.717) is 18.4 Å². The Labute approximate surface area is 176 Å². The molecule has 156 valence electrons. The fourth-order valence-corrected chi connectivity index (χ4v) is 3.39. The molecule has 2 N–H and O–H groups in total. The molecule has 1 unspecified atom stereocenters. The number of aryl methyl sites for hydroxylation is 3. The number of nitrogens with zero attached hydrogens (tertiary/aromatic N) is 2. The zero-order valence-corrected chi connectivity index (χ0v) is 17.5. The molecule has 0 aliphatic rings. The Morgan fingerprint density at radius 3 is 2.43 bits per heavy atom. The molecular weight excluding hydrogens is 379 g/mol. The Balaban J connectivity index is 1.89. The Kier molecular flexibility index (Phi) is 7.25. The first-order valence-corrected chi connectivity index (χ1v) is 10.0. The highest BCUT2D eigenvalue weighted by molar-refractivity contribution is 5.83. The molecule has 1 amide bonds. The van der Waals surface area contributed by atoms with E-state index in [2.05, 4.69) is 20.6 Å². The molecule has 2 aromatic carbocycles. The number of aromatic nitrogens is 2. The minimum absolute atomic E-state index is 0.125. The van der Waals surface area contributed by atoms with Crippen LogP contribution in [0.4, 0.5) is 4.39 Å². The third kappa shape index (κ3) is 5.48. The number of halogens is 1. The van der Waals surface area contributed by atoms with Gasteiger partial charge in [0.25, 0.3) is 0 Å². The number of nitrogens with one attached hydrogen (secondary N) is 2. The highest BCUT2D eigenvalue weighted by atomic mass is 19.1. The number of benzene rings is 2. The van der Waals surface area contributed by atoms with E-state index in [1.807, 2.05) is 43.3 Å². The molecule has 1 aromatic heterocycles. The molecule has 1 heterocycles. The van der Waals surface area contributed by atoms with Crippen molar-refractivity contribution in [1.29, 1.82) is 0 Å². The maximum atomic E-state index is 13.9. The van der Waals surface area contributed by atoms with Gasteiger partial charge in [-0.1, -0.05) is 42.5 Å². The first-order valence-electron chi connectivity index (χ1n) is 10.0. The normalized spacial score (nSPS) is 12.9. The quantitative estimate of drug-likeness (QED) is 0.594. The number of rotatable bonds is 8. The van der Waals surface area contributed by atoms with Crippen LogP contribution < -0.4 is 10.6 Å². The van der Waals surface area contributed by atoms with Crippen LogP contribution in [0, 0.1) is 19.7 Å². The van der Waals surface area contributed by atoms with Crippen LogP contribution in [0.5, 0.6) is 0 Å². The minimum atomic E-state index is -0.532. The summed E-state index contributed by atoms with van der Waals surface area (Å²) in [6.45, 7) is 3.64. The zero-order chi connectivity index (χ0) is 21.5. The van der Waals surface area contributed by atoms with E-state index in [1.165, 1.54) is 6.07 Å². The number of hydrogen-bond donors (Lipinski definition) is 2. The lowest BCUT2D eigenvalue weighted by Gasteiger charge is -2.26. The van der Waals surface area contributed by atoms with Gasteiger partial charge in [-0.2, -0.15) is 0 Å². The van der Waals surface area contributed by atoms with E-state index in [9.17, 15) is 9.18 Å². The topological polar surface area (TPSA) is 66.9 Å². The van der Waals surface area contributed by atoms with Crippen molar-refractivity contribution in [2.75, 3.05) is 7.05 Å². The predicted molar refractivity (Wildman–Crippen MR) is 115 cm³/mol. The van der Waals surface area contributed by atoms with E-state index in [-0.39, 0.29) is 17.8 Å². The van der Waals surface area contributed by atoms with Crippen LogP contribution in [0.25, 0.3) is 0 Å². The van der Waals surface area contributed by atoms with Crippen molar-refractivity contribution < 1.29 is 9.18 Å². The smallest absolute Gasteiger partial charge is 0.241 e. The molecule has 5 nitrogen and oxygen atoms in total. The van der Waals surface area contributed by atoms with Gasteiger partial charge in [0, 0.05) is 25.5 Å². The average Bonchev–Trinajstić information content (AvgIpc) is 2.77. The van der Waals surface area contributed by atoms with Gasteiger partial charge in [-0.3, -0.25) is 20.1 Å². The van der Waals surface area contributed by atoms with E-state index < -0.39 is 6.04 Å².